The molecule has 1 aliphatic carbocycles. The number of halogens is 3. The Labute approximate surface area is 226 Å². The summed E-state index contributed by atoms with van der Waals surface area (Å²) in [6, 6.07) is 9.42. The van der Waals surface area contributed by atoms with E-state index in [4.69, 9.17) is 4.74 Å². The molecule has 0 bridgehead atoms. The average Bonchev–Trinajstić information content (AvgIpc) is 2.88. The lowest BCUT2D eigenvalue weighted by atomic mass is 9.87. The van der Waals surface area contributed by atoms with Crippen molar-refractivity contribution in [1.82, 2.24) is 10.3 Å². The van der Waals surface area contributed by atoms with Crippen LogP contribution in [0.15, 0.2) is 48.7 Å². The first-order valence-corrected chi connectivity index (χ1v) is 12.9. The Morgan fingerprint density at radius 3 is 2.26 bits per heavy atom. The van der Waals surface area contributed by atoms with Crippen LogP contribution in [-0.2, 0) is 0 Å². The maximum atomic E-state index is 13.0. The number of ether oxygens (including phenoxy) is 1. The van der Waals surface area contributed by atoms with Gasteiger partial charge in [0.2, 0.25) is 5.88 Å². The summed E-state index contributed by atoms with van der Waals surface area (Å²) in [4.78, 5) is 27.1. The van der Waals surface area contributed by atoms with Crippen molar-refractivity contribution in [2.45, 2.75) is 65.3 Å². The molecule has 0 spiro atoms. The van der Waals surface area contributed by atoms with Gasteiger partial charge in [-0.25, -0.2) is 18.2 Å². The van der Waals surface area contributed by atoms with E-state index in [1.807, 2.05) is 6.07 Å². The van der Waals surface area contributed by atoms with Gasteiger partial charge >= 0.3 is 0 Å². The predicted molar refractivity (Wildman–Crippen MR) is 142 cm³/mol. The van der Waals surface area contributed by atoms with Gasteiger partial charge in [0.1, 0.15) is 17.3 Å². The van der Waals surface area contributed by atoms with Crippen molar-refractivity contribution in [2.24, 2.45) is 5.92 Å². The normalized spacial score (nSPS) is 16.7. The second-order valence-electron chi connectivity index (χ2n) is 10.1. The third kappa shape index (κ3) is 8.30. The molecule has 2 aromatic carbocycles. The van der Waals surface area contributed by atoms with E-state index in [1.165, 1.54) is 25.8 Å². The molecule has 0 saturated heterocycles. The Hall–Kier alpha value is -3.88. The lowest BCUT2D eigenvalue weighted by molar-refractivity contribution is 0.0919. The minimum Gasteiger partial charge on any atom is -0.507 e. The number of hydrogen-bond acceptors (Lipinski definition) is 5. The van der Waals surface area contributed by atoms with E-state index >= 15 is 0 Å². The van der Waals surface area contributed by atoms with Crippen LogP contribution >= 0.6 is 0 Å². The number of aromatic hydroxyl groups is 1. The van der Waals surface area contributed by atoms with Crippen LogP contribution in [0, 0.1) is 23.4 Å². The minimum atomic E-state index is -1.09. The molecular weight excluding hydrogens is 509 g/mol. The zero-order valence-corrected chi connectivity index (χ0v) is 22.4. The highest BCUT2D eigenvalue weighted by Crippen LogP contribution is 2.27. The summed E-state index contributed by atoms with van der Waals surface area (Å²) in [5, 5.41) is 13.1. The van der Waals surface area contributed by atoms with Crippen LogP contribution in [0.1, 0.15) is 85.6 Å². The van der Waals surface area contributed by atoms with E-state index in [2.05, 4.69) is 31.1 Å². The quantitative estimate of drug-likeness (QED) is 0.319. The van der Waals surface area contributed by atoms with E-state index in [0.29, 0.717) is 11.5 Å². The summed E-state index contributed by atoms with van der Waals surface area (Å²) >= 11 is 0. The van der Waals surface area contributed by atoms with Crippen molar-refractivity contribution in [3.8, 4) is 17.4 Å². The summed E-state index contributed by atoms with van der Waals surface area (Å²) in [7, 11) is 0. The Bertz CT molecular complexity index is 1320. The smallest absolute Gasteiger partial charge is 0.255 e. The number of amides is 1. The lowest BCUT2D eigenvalue weighted by Crippen LogP contribution is -2.37. The predicted octanol–water partition coefficient (Wildman–Crippen LogP) is 7.32. The van der Waals surface area contributed by atoms with Crippen LogP contribution in [0.4, 0.5) is 13.2 Å². The number of carbonyl (C=O) groups excluding carboxylic acids is 2. The van der Waals surface area contributed by atoms with E-state index in [9.17, 15) is 27.9 Å². The van der Waals surface area contributed by atoms with Gasteiger partial charge in [-0.2, -0.15) is 0 Å². The molecule has 0 aliphatic heterocycles. The molecule has 1 amide bonds. The fourth-order valence-electron chi connectivity index (χ4n) is 4.18. The maximum Gasteiger partial charge on any atom is 0.255 e. The van der Waals surface area contributed by atoms with Crippen LogP contribution < -0.4 is 10.1 Å². The molecule has 39 heavy (non-hydrogen) atoms. The van der Waals surface area contributed by atoms with Gasteiger partial charge in [0.05, 0.1) is 17.3 Å². The number of Topliss-reactive ketones (excluding diaryl/α,β-unsaturated/α-hetero) is 1. The fraction of sp³-hybridized carbons (Fsp3) is 0.367. The molecule has 1 aromatic heterocycles. The SMILES string of the molecule is CC(=O)c1cc(F)cnc1Oc1ccc(F)c(F)c1.CC1CCC(NC(=O)c2ccc(C(C)C)cc2O)CC1. The third-order valence-corrected chi connectivity index (χ3v) is 6.59. The molecule has 4 rings (SSSR count). The van der Waals surface area contributed by atoms with Gasteiger partial charge in [0.15, 0.2) is 17.4 Å². The molecule has 1 aliphatic rings. The number of phenolic OH excluding ortho intramolecular Hbond substituents is 1. The van der Waals surface area contributed by atoms with E-state index in [-0.39, 0.29) is 34.9 Å². The molecule has 0 unspecified atom stereocenters. The Morgan fingerprint density at radius 1 is 0.974 bits per heavy atom. The first-order chi connectivity index (χ1) is 18.4. The lowest BCUT2D eigenvalue weighted by Gasteiger charge is -2.27. The number of rotatable bonds is 6. The minimum absolute atomic E-state index is 0.0412. The largest absolute Gasteiger partial charge is 0.507 e. The Morgan fingerprint density at radius 2 is 1.67 bits per heavy atom. The molecular formula is C30H33F3N2O4. The van der Waals surface area contributed by atoms with Gasteiger partial charge in [-0.1, -0.05) is 26.8 Å². The Balaban J connectivity index is 0.000000216. The molecule has 208 valence electrons. The third-order valence-electron chi connectivity index (χ3n) is 6.59. The number of nitrogens with zero attached hydrogens (tertiary/aromatic N) is 1. The standard InChI is InChI=1S/C17H25NO2.C13H8F3NO2/c1-11(2)13-6-9-15(16(19)10-13)17(20)18-14-7-4-12(3)5-8-14;1-7(18)10-4-8(14)6-17-13(10)19-9-2-3-11(15)12(16)5-9/h6,9-12,14,19H,4-5,7-8H2,1-3H3,(H,18,20);2-6H,1H3. The number of ketones is 1. The second kappa shape index (κ2) is 13.3. The van der Waals surface area contributed by atoms with Gasteiger partial charge < -0.3 is 15.2 Å². The number of carbonyl (C=O) groups is 2. The van der Waals surface area contributed by atoms with Crippen molar-refractivity contribution < 1.29 is 32.6 Å². The van der Waals surface area contributed by atoms with Crippen LogP contribution in [-0.4, -0.2) is 27.8 Å². The van der Waals surface area contributed by atoms with Crippen molar-refractivity contribution in [3.05, 3.63) is 82.8 Å². The van der Waals surface area contributed by atoms with Crippen LogP contribution in [0.5, 0.6) is 17.4 Å². The number of aromatic nitrogens is 1. The highest BCUT2D eigenvalue weighted by atomic mass is 19.2. The average molecular weight is 543 g/mol. The van der Waals surface area contributed by atoms with Crippen LogP contribution in [0.2, 0.25) is 0 Å². The molecule has 6 nitrogen and oxygen atoms in total. The first kappa shape index (κ1) is 29.7. The van der Waals surface area contributed by atoms with E-state index in [1.54, 1.807) is 12.1 Å². The van der Waals surface area contributed by atoms with Crippen molar-refractivity contribution in [3.63, 3.8) is 0 Å². The van der Waals surface area contributed by atoms with Crippen LogP contribution in [0.3, 0.4) is 0 Å². The molecule has 1 saturated carbocycles. The zero-order valence-electron chi connectivity index (χ0n) is 22.4. The highest BCUT2D eigenvalue weighted by molar-refractivity contribution is 5.97. The molecule has 2 N–H and O–H groups in total. The highest BCUT2D eigenvalue weighted by Gasteiger charge is 2.21. The molecule has 0 radical (unpaired) electrons. The summed E-state index contributed by atoms with van der Waals surface area (Å²) in [6.07, 6.45) is 5.28. The molecule has 3 aromatic rings. The van der Waals surface area contributed by atoms with Crippen molar-refractivity contribution in [2.75, 3.05) is 0 Å². The molecule has 9 heteroatoms. The summed E-state index contributed by atoms with van der Waals surface area (Å²) in [5.74, 6) is -2.43. The van der Waals surface area contributed by atoms with Gasteiger partial charge in [0.25, 0.3) is 5.91 Å². The number of phenols is 1. The molecule has 1 fully saturated rings. The monoisotopic (exact) mass is 542 g/mol. The summed E-state index contributed by atoms with van der Waals surface area (Å²) < 4.78 is 43.9. The van der Waals surface area contributed by atoms with E-state index in [0.717, 1.165) is 48.7 Å². The first-order valence-electron chi connectivity index (χ1n) is 12.9. The fourth-order valence-corrected chi connectivity index (χ4v) is 4.18. The molecule has 1 heterocycles. The number of benzene rings is 2. The summed E-state index contributed by atoms with van der Waals surface area (Å²) in [5.41, 5.74) is 1.35. The Kier molecular flexibility index (Phi) is 10.1. The van der Waals surface area contributed by atoms with E-state index < -0.39 is 23.2 Å². The summed E-state index contributed by atoms with van der Waals surface area (Å²) in [6.45, 7) is 7.61. The van der Waals surface area contributed by atoms with Crippen molar-refractivity contribution >= 4 is 11.7 Å². The van der Waals surface area contributed by atoms with Crippen molar-refractivity contribution in [1.29, 1.82) is 0 Å². The van der Waals surface area contributed by atoms with Gasteiger partial charge in [-0.15, -0.1) is 0 Å². The van der Waals surface area contributed by atoms with Gasteiger partial charge in [-0.3, -0.25) is 9.59 Å². The van der Waals surface area contributed by atoms with Gasteiger partial charge in [-0.05, 0) is 80.3 Å². The number of nitrogens with one attached hydrogen (secondary N) is 1. The molecule has 0 atom stereocenters. The second-order valence-corrected chi connectivity index (χ2v) is 10.1. The topological polar surface area (TPSA) is 88.5 Å². The van der Waals surface area contributed by atoms with Gasteiger partial charge in [0, 0.05) is 12.1 Å². The zero-order chi connectivity index (χ0) is 28.7. The number of hydrogen-bond donors (Lipinski definition) is 2. The number of pyridine rings is 1. The van der Waals surface area contributed by atoms with Crippen LogP contribution in [0.25, 0.3) is 0 Å². The maximum absolute atomic E-state index is 13.0.